The zero-order valence-electron chi connectivity index (χ0n) is 17.2. The van der Waals surface area contributed by atoms with Crippen molar-refractivity contribution in [3.8, 4) is 0 Å². The van der Waals surface area contributed by atoms with Crippen molar-refractivity contribution in [2.24, 2.45) is 0 Å². The van der Waals surface area contributed by atoms with E-state index in [9.17, 15) is 14.0 Å². The molecule has 160 valence electrons. The van der Waals surface area contributed by atoms with Gasteiger partial charge in [-0.25, -0.2) is 4.39 Å². The van der Waals surface area contributed by atoms with Crippen molar-refractivity contribution < 1.29 is 13.9 Å². The Hall–Kier alpha value is -3.23. The van der Waals surface area contributed by atoms with Gasteiger partial charge in [-0.1, -0.05) is 0 Å². The number of carbonyl (C=O) groups is 1. The summed E-state index contributed by atoms with van der Waals surface area (Å²) in [5.41, 5.74) is 3.56. The van der Waals surface area contributed by atoms with Gasteiger partial charge >= 0.3 is 0 Å². The molecule has 3 aromatic rings. The summed E-state index contributed by atoms with van der Waals surface area (Å²) in [5.74, 6) is -0.695. The molecule has 1 saturated heterocycles. The highest BCUT2D eigenvalue weighted by Gasteiger charge is 2.25. The molecule has 4 heterocycles. The largest absolute Gasteiger partial charge is 0.379 e. The molecule has 1 aromatic carbocycles. The van der Waals surface area contributed by atoms with Gasteiger partial charge in [0.1, 0.15) is 5.82 Å². The Morgan fingerprint density at radius 2 is 1.97 bits per heavy atom. The lowest BCUT2D eigenvalue weighted by Crippen LogP contribution is -2.39. The number of aryl methyl sites for hydroxylation is 1. The van der Waals surface area contributed by atoms with Crippen LogP contribution in [0.3, 0.4) is 0 Å². The molecular weight excluding hydrogens is 399 g/mol. The molecule has 7 nitrogen and oxygen atoms in total. The summed E-state index contributed by atoms with van der Waals surface area (Å²) in [6.45, 7) is 6.46. The average molecular weight is 422 g/mol. The first-order valence-electron chi connectivity index (χ1n) is 10.4. The average Bonchev–Trinajstić information content (AvgIpc) is 3.25. The predicted octanol–water partition coefficient (Wildman–Crippen LogP) is 2.60. The Kier molecular flexibility index (Phi) is 4.95. The number of ether oxygens (including phenoxy) is 1. The normalized spacial score (nSPS) is 18.0. The van der Waals surface area contributed by atoms with Crippen molar-refractivity contribution in [2.75, 3.05) is 38.2 Å². The maximum Gasteiger partial charge on any atom is 0.260 e. The van der Waals surface area contributed by atoms with Crippen molar-refractivity contribution in [3.05, 3.63) is 63.5 Å². The SMILES string of the molecule is Cc1c(C=C2C(=O)Nc3ccc(F)cc32)[nH]c2ccn(CCN3CCOCC3)c(=O)c12. The van der Waals surface area contributed by atoms with Gasteiger partial charge in [-0.2, -0.15) is 0 Å². The van der Waals surface area contributed by atoms with Crippen LogP contribution in [0.5, 0.6) is 0 Å². The molecule has 2 aliphatic heterocycles. The molecular formula is C23H23FN4O3. The summed E-state index contributed by atoms with van der Waals surface area (Å²) in [6, 6.07) is 6.09. The molecule has 0 bridgehead atoms. The molecule has 0 saturated carbocycles. The van der Waals surface area contributed by atoms with Crippen molar-refractivity contribution in [3.63, 3.8) is 0 Å². The van der Waals surface area contributed by atoms with Crippen LogP contribution in [-0.2, 0) is 16.1 Å². The van der Waals surface area contributed by atoms with Crippen LogP contribution in [-0.4, -0.2) is 53.2 Å². The molecule has 2 N–H and O–H groups in total. The van der Waals surface area contributed by atoms with Crippen LogP contribution in [0.4, 0.5) is 10.1 Å². The van der Waals surface area contributed by atoms with Crippen molar-refractivity contribution in [1.29, 1.82) is 0 Å². The fourth-order valence-electron chi connectivity index (χ4n) is 4.26. The Morgan fingerprint density at radius 1 is 1.16 bits per heavy atom. The molecule has 0 radical (unpaired) electrons. The van der Waals surface area contributed by atoms with E-state index < -0.39 is 5.82 Å². The van der Waals surface area contributed by atoms with E-state index in [2.05, 4.69) is 15.2 Å². The topological polar surface area (TPSA) is 79.4 Å². The maximum atomic E-state index is 13.7. The lowest BCUT2D eigenvalue weighted by Gasteiger charge is -2.26. The Bertz CT molecular complexity index is 1270. The molecule has 5 rings (SSSR count). The second-order valence-electron chi connectivity index (χ2n) is 7.92. The van der Waals surface area contributed by atoms with E-state index in [1.54, 1.807) is 22.9 Å². The Balaban J connectivity index is 1.49. The summed E-state index contributed by atoms with van der Waals surface area (Å²) < 4.78 is 20.8. The highest BCUT2D eigenvalue weighted by molar-refractivity contribution is 6.35. The number of aromatic amines is 1. The van der Waals surface area contributed by atoms with Gasteiger partial charge in [0.15, 0.2) is 0 Å². The second-order valence-corrected chi connectivity index (χ2v) is 7.92. The molecule has 2 aromatic heterocycles. The van der Waals surface area contributed by atoms with E-state index in [1.807, 2.05) is 13.0 Å². The molecule has 0 unspecified atom stereocenters. The number of carbonyl (C=O) groups excluding carboxylic acids is 1. The minimum absolute atomic E-state index is 0.0634. The van der Waals surface area contributed by atoms with Gasteiger partial charge in [-0.15, -0.1) is 0 Å². The quantitative estimate of drug-likeness (QED) is 0.634. The molecule has 0 spiro atoms. The number of amides is 1. The number of nitrogens with zero attached hydrogens (tertiary/aromatic N) is 2. The zero-order valence-corrected chi connectivity index (χ0v) is 17.2. The van der Waals surface area contributed by atoms with Crippen molar-refractivity contribution in [2.45, 2.75) is 13.5 Å². The first kappa shape index (κ1) is 19.7. The summed E-state index contributed by atoms with van der Waals surface area (Å²) in [5, 5.41) is 3.36. The highest BCUT2D eigenvalue weighted by Crippen LogP contribution is 2.34. The molecule has 0 atom stereocenters. The van der Waals surface area contributed by atoms with Crippen LogP contribution >= 0.6 is 0 Å². The number of hydrogen-bond donors (Lipinski definition) is 2. The Morgan fingerprint density at radius 3 is 2.77 bits per heavy atom. The van der Waals surface area contributed by atoms with E-state index in [1.165, 1.54) is 12.1 Å². The molecule has 31 heavy (non-hydrogen) atoms. The van der Waals surface area contributed by atoms with Crippen LogP contribution in [0.1, 0.15) is 16.8 Å². The number of fused-ring (bicyclic) bond motifs is 2. The van der Waals surface area contributed by atoms with Gasteiger partial charge in [0, 0.05) is 49.3 Å². The standard InChI is InChI=1S/C23H23FN4O3/c1-14-20(13-17-16-12-15(24)2-3-18(16)26-22(17)29)25-19-4-5-28(23(30)21(14)19)7-6-27-8-10-31-11-9-27/h2-5,12-13,25H,6-11H2,1H3,(H,26,29). The minimum atomic E-state index is -0.405. The molecule has 1 amide bonds. The van der Waals surface area contributed by atoms with Crippen LogP contribution in [0.15, 0.2) is 35.3 Å². The van der Waals surface area contributed by atoms with Crippen LogP contribution < -0.4 is 10.9 Å². The smallest absolute Gasteiger partial charge is 0.260 e. The number of halogens is 1. The van der Waals surface area contributed by atoms with Crippen LogP contribution in [0.2, 0.25) is 0 Å². The summed E-state index contributed by atoms with van der Waals surface area (Å²) in [6.07, 6.45) is 3.48. The molecule has 0 aliphatic carbocycles. The van der Waals surface area contributed by atoms with Gasteiger partial charge < -0.3 is 19.6 Å². The number of aromatic nitrogens is 2. The number of benzene rings is 1. The van der Waals surface area contributed by atoms with Crippen molar-refractivity contribution in [1.82, 2.24) is 14.5 Å². The summed E-state index contributed by atoms with van der Waals surface area (Å²) in [4.78, 5) is 31.1. The lowest BCUT2D eigenvalue weighted by atomic mass is 10.0. The van der Waals surface area contributed by atoms with Gasteiger partial charge in [-0.05, 0) is 42.8 Å². The van der Waals surface area contributed by atoms with Gasteiger partial charge in [0.2, 0.25) is 0 Å². The van der Waals surface area contributed by atoms with Crippen LogP contribution in [0, 0.1) is 12.7 Å². The minimum Gasteiger partial charge on any atom is -0.379 e. The van der Waals surface area contributed by atoms with Crippen molar-refractivity contribution >= 4 is 34.1 Å². The van der Waals surface area contributed by atoms with E-state index in [4.69, 9.17) is 4.74 Å². The van der Waals surface area contributed by atoms with Gasteiger partial charge in [0.05, 0.1) is 29.7 Å². The van der Waals surface area contributed by atoms with E-state index in [0.29, 0.717) is 34.4 Å². The van der Waals surface area contributed by atoms with E-state index in [0.717, 1.165) is 43.9 Å². The number of anilines is 1. The first-order valence-corrected chi connectivity index (χ1v) is 10.4. The maximum absolute atomic E-state index is 13.7. The van der Waals surface area contributed by atoms with Gasteiger partial charge in [0.25, 0.3) is 11.5 Å². The highest BCUT2D eigenvalue weighted by atomic mass is 19.1. The number of H-pyrrole nitrogens is 1. The fourth-order valence-corrected chi connectivity index (χ4v) is 4.26. The molecule has 1 fully saturated rings. The lowest BCUT2D eigenvalue weighted by molar-refractivity contribution is -0.110. The number of pyridine rings is 1. The first-order chi connectivity index (χ1) is 15.0. The zero-order chi connectivity index (χ0) is 21.5. The predicted molar refractivity (Wildman–Crippen MR) is 117 cm³/mol. The third-order valence-corrected chi connectivity index (χ3v) is 6.03. The van der Waals surface area contributed by atoms with E-state index in [-0.39, 0.29) is 11.5 Å². The number of nitrogens with one attached hydrogen (secondary N) is 2. The van der Waals surface area contributed by atoms with Crippen LogP contribution in [0.25, 0.3) is 22.6 Å². The number of morpholine rings is 1. The molecule has 8 heteroatoms. The third-order valence-electron chi connectivity index (χ3n) is 6.03. The summed E-state index contributed by atoms with van der Waals surface area (Å²) >= 11 is 0. The molecule has 2 aliphatic rings. The third kappa shape index (κ3) is 3.58. The van der Waals surface area contributed by atoms with Gasteiger partial charge in [-0.3, -0.25) is 14.5 Å². The second kappa shape index (κ2) is 7.79. The number of hydrogen-bond acceptors (Lipinski definition) is 4. The van der Waals surface area contributed by atoms with E-state index >= 15 is 0 Å². The Labute approximate surface area is 178 Å². The summed E-state index contributed by atoms with van der Waals surface area (Å²) in [7, 11) is 0. The number of rotatable bonds is 4. The fraction of sp³-hybridized carbons (Fsp3) is 0.304. The monoisotopic (exact) mass is 422 g/mol.